The molecule has 1 unspecified atom stereocenters. The molecule has 46 heavy (non-hydrogen) atoms. The molecule has 4 amide bonds. The Hall–Kier alpha value is -3.90. The summed E-state index contributed by atoms with van der Waals surface area (Å²) < 4.78 is 0. The molecule has 1 aromatic heterocycles. The summed E-state index contributed by atoms with van der Waals surface area (Å²) in [6.45, 7) is 19.7. The first-order chi connectivity index (χ1) is 21.2. The Morgan fingerprint density at radius 3 is 1.70 bits per heavy atom. The summed E-state index contributed by atoms with van der Waals surface area (Å²) in [5.41, 5.74) is 7.92. The zero-order chi connectivity index (χ0) is 34.1. The standard InChI is InChI=1S/C39H46ClN3O3/c1-37(2,3)24-13-15-28(30(40)20-24)32(33-34(44)42(10)36(46)43(11)35(33)45)29-21-41-31-18-22(12-14-27(29)31)23-16-25(38(4,5)6)19-26(17-23)39(7,8)9/h12-21,32-33,41H,1-11H3. The second-order valence-corrected chi connectivity index (χ2v) is 16.2. The van der Waals surface area contributed by atoms with Gasteiger partial charge in [0.15, 0.2) is 0 Å². The van der Waals surface area contributed by atoms with Crippen molar-refractivity contribution in [1.82, 2.24) is 14.8 Å². The molecule has 0 radical (unpaired) electrons. The molecule has 4 aromatic rings. The van der Waals surface area contributed by atoms with Crippen LogP contribution < -0.4 is 0 Å². The van der Waals surface area contributed by atoms with Gasteiger partial charge in [-0.3, -0.25) is 19.4 Å². The van der Waals surface area contributed by atoms with E-state index in [-0.39, 0.29) is 16.2 Å². The number of imide groups is 2. The van der Waals surface area contributed by atoms with Crippen LogP contribution in [-0.2, 0) is 25.8 Å². The van der Waals surface area contributed by atoms with Crippen LogP contribution in [0, 0.1) is 5.92 Å². The quantitative estimate of drug-likeness (QED) is 0.226. The van der Waals surface area contributed by atoms with E-state index in [9.17, 15) is 14.4 Å². The zero-order valence-electron chi connectivity index (χ0n) is 28.9. The largest absolute Gasteiger partial charge is 0.361 e. The van der Waals surface area contributed by atoms with Crippen LogP contribution >= 0.6 is 11.6 Å². The summed E-state index contributed by atoms with van der Waals surface area (Å²) in [5, 5.41) is 1.36. The van der Waals surface area contributed by atoms with Gasteiger partial charge in [0.05, 0.1) is 0 Å². The maximum absolute atomic E-state index is 13.7. The van der Waals surface area contributed by atoms with Gasteiger partial charge in [-0.1, -0.05) is 116 Å². The first-order valence-electron chi connectivity index (χ1n) is 15.9. The van der Waals surface area contributed by atoms with E-state index in [2.05, 4.69) is 104 Å². The molecule has 5 rings (SSSR count). The Morgan fingerprint density at radius 2 is 1.20 bits per heavy atom. The average Bonchev–Trinajstić information content (AvgIpc) is 3.39. The number of rotatable bonds is 4. The third-order valence-electron chi connectivity index (χ3n) is 9.35. The number of benzene rings is 3. The van der Waals surface area contributed by atoms with E-state index >= 15 is 0 Å². The Bertz CT molecular complexity index is 1810. The topological polar surface area (TPSA) is 73.5 Å². The molecule has 1 fully saturated rings. The van der Waals surface area contributed by atoms with E-state index in [0.717, 1.165) is 43.0 Å². The summed E-state index contributed by atoms with van der Waals surface area (Å²) in [6, 6.07) is 18.3. The van der Waals surface area contributed by atoms with E-state index in [1.165, 1.54) is 25.2 Å². The van der Waals surface area contributed by atoms with Crippen LogP contribution in [0.25, 0.3) is 22.0 Å². The van der Waals surface area contributed by atoms with E-state index in [4.69, 9.17) is 11.6 Å². The lowest BCUT2D eigenvalue weighted by molar-refractivity contribution is -0.148. The van der Waals surface area contributed by atoms with Gasteiger partial charge in [-0.25, -0.2) is 4.79 Å². The predicted octanol–water partition coefficient (Wildman–Crippen LogP) is 9.18. The summed E-state index contributed by atoms with van der Waals surface area (Å²) in [7, 11) is 2.84. The molecule has 0 bridgehead atoms. The lowest BCUT2D eigenvalue weighted by Gasteiger charge is -2.37. The number of H-pyrrole nitrogens is 1. The number of nitrogens with one attached hydrogen (secondary N) is 1. The summed E-state index contributed by atoms with van der Waals surface area (Å²) in [5.74, 6) is -2.99. The molecule has 1 aliphatic rings. The molecule has 1 N–H and O–H groups in total. The zero-order valence-corrected chi connectivity index (χ0v) is 29.7. The van der Waals surface area contributed by atoms with Crippen molar-refractivity contribution in [2.24, 2.45) is 5.92 Å². The Labute approximate surface area is 278 Å². The molecule has 6 nitrogen and oxygen atoms in total. The van der Waals surface area contributed by atoms with Crippen molar-refractivity contribution in [2.75, 3.05) is 14.1 Å². The first kappa shape index (κ1) is 33.5. The molecule has 2 heterocycles. The van der Waals surface area contributed by atoms with Crippen molar-refractivity contribution in [2.45, 2.75) is 84.5 Å². The lowest BCUT2D eigenvalue weighted by atomic mass is 9.77. The van der Waals surface area contributed by atoms with Gasteiger partial charge < -0.3 is 4.98 Å². The molecule has 1 atom stereocenters. The molecular formula is C39H46ClN3O3. The minimum Gasteiger partial charge on any atom is -0.361 e. The fourth-order valence-corrected chi connectivity index (χ4v) is 6.54. The number of nitrogens with zero attached hydrogens (tertiary/aromatic N) is 2. The minimum absolute atomic E-state index is 0.0183. The monoisotopic (exact) mass is 639 g/mol. The van der Waals surface area contributed by atoms with E-state index in [1.807, 2.05) is 24.4 Å². The Balaban J connectivity index is 1.70. The summed E-state index contributed by atoms with van der Waals surface area (Å²) >= 11 is 7.00. The van der Waals surface area contributed by atoms with Crippen molar-refractivity contribution in [3.8, 4) is 11.1 Å². The number of halogens is 1. The highest BCUT2D eigenvalue weighted by Gasteiger charge is 2.48. The number of barbiturate groups is 1. The maximum atomic E-state index is 13.7. The van der Waals surface area contributed by atoms with Crippen molar-refractivity contribution in [3.63, 3.8) is 0 Å². The number of amides is 4. The molecule has 7 heteroatoms. The first-order valence-corrected chi connectivity index (χ1v) is 16.2. The van der Waals surface area contributed by atoms with Gasteiger partial charge in [0.1, 0.15) is 5.92 Å². The molecule has 0 saturated carbocycles. The van der Waals surface area contributed by atoms with E-state index in [1.54, 1.807) is 0 Å². The number of carbonyl (C=O) groups is 3. The third-order valence-corrected chi connectivity index (χ3v) is 9.68. The number of hydrogen-bond donors (Lipinski definition) is 1. The summed E-state index contributed by atoms with van der Waals surface area (Å²) in [6.07, 6.45) is 1.87. The number of hydrogen-bond acceptors (Lipinski definition) is 3. The maximum Gasteiger partial charge on any atom is 0.332 e. The number of aromatic nitrogens is 1. The van der Waals surface area contributed by atoms with Crippen LogP contribution in [0.4, 0.5) is 4.79 Å². The van der Waals surface area contributed by atoms with Gasteiger partial charge in [-0.05, 0) is 67.3 Å². The van der Waals surface area contributed by atoms with E-state index < -0.39 is 29.7 Å². The smallest absolute Gasteiger partial charge is 0.332 e. The fraction of sp³-hybridized carbons (Fsp3) is 0.410. The Morgan fingerprint density at radius 1 is 0.652 bits per heavy atom. The van der Waals surface area contributed by atoms with Crippen LogP contribution in [0.3, 0.4) is 0 Å². The number of carbonyl (C=O) groups excluding carboxylic acids is 3. The van der Waals surface area contributed by atoms with Gasteiger partial charge >= 0.3 is 6.03 Å². The van der Waals surface area contributed by atoms with Gasteiger partial charge in [0.2, 0.25) is 11.8 Å². The molecule has 1 saturated heterocycles. The van der Waals surface area contributed by atoms with Crippen molar-refractivity contribution >= 4 is 40.3 Å². The number of aromatic amines is 1. The average molecular weight is 640 g/mol. The molecule has 1 aliphatic heterocycles. The second-order valence-electron chi connectivity index (χ2n) is 15.8. The highest BCUT2D eigenvalue weighted by atomic mass is 35.5. The molecular weight excluding hydrogens is 594 g/mol. The molecule has 0 aliphatic carbocycles. The van der Waals surface area contributed by atoms with Gasteiger partial charge in [-0.2, -0.15) is 0 Å². The van der Waals surface area contributed by atoms with Gasteiger partial charge in [0, 0.05) is 42.1 Å². The molecule has 3 aromatic carbocycles. The highest BCUT2D eigenvalue weighted by molar-refractivity contribution is 6.31. The lowest BCUT2D eigenvalue weighted by Crippen LogP contribution is -2.58. The van der Waals surface area contributed by atoms with Gasteiger partial charge in [-0.15, -0.1) is 0 Å². The van der Waals surface area contributed by atoms with Gasteiger partial charge in [0.25, 0.3) is 0 Å². The van der Waals surface area contributed by atoms with Crippen molar-refractivity contribution in [1.29, 1.82) is 0 Å². The SMILES string of the molecule is CN1C(=O)C(C(c2ccc(C(C)(C)C)cc2Cl)c2c[nH]c3cc(-c4cc(C(C)(C)C)cc(C(C)(C)C)c4)ccc23)C(=O)N(C)C1=O. The van der Waals surface area contributed by atoms with Crippen molar-refractivity contribution < 1.29 is 14.4 Å². The van der Waals surface area contributed by atoms with Crippen LogP contribution in [0.2, 0.25) is 5.02 Å². The van der Waals surface area contributed by atoms with E-state index in [0.29, 0.717) is 10.6 Å². The van der Waals surface area contributed by atoms with Crippen LogP contribution in [0.15, 0.2) is 60.8 Å². The number of urea groups is 1. The van der Waals surface area contributed by atoms with Crippen LogP contribution in [0.5, 0.6) is 0 Å². The van der Waals surface area contributed by atoms with Crippen LogP contribution in [-0.4, -0.2) is 46.7 Å². The minimum atomic E-state index is -1.16. The third kappa shape index (κ3) is 6.00. The second kappa shape index (κ2) is 11.4. The number of fused-ring (bicyclic) bond motifs is 1. The highest BCUT2D eigenvalue weighted by Crippen LogP contribution is 2.44. The van der Waals surface area contributed by atoms with Crippen LogP contribution in [0.1, 0.15) is 96.0 Å². The molecule has 242 valence electrons. The van der Waals surface area contributed by atoms with Crippen molar-refractivity contribution in [3.05, 3.63) is 93.6 Å². The molecule has 0 spiro atoms. The Kier molecular flexibility index (Phi) is 8.30. The summed E-state index contributed by atoms with van der Waals surface area (Å²) in [4.78, 5) is 45.7. The normalized spacial score (nSPS) is 16.1. The predicted molar refractivity (Wildman–Crippen MR) is 188 cm³/mol. The fourth-order valence-electron chi connectivity index (χ4n) is 6.24.